The molecule has 1 aromatic heterocycles. The lowest BCUT2D eigenvalue weighted by Gasteiger charge is -2.09. The van der Waals surface area contributed by atoms with E-state index in [1.807, 2.05) is 24.6 Å². The van der Waals surface area contributed by atoms with Crippen LogP contribution in [0.25, 0.3) is 11.1 Å². The van der Waals surface area contributed by atoms with E-state index in [2.05, 4.69) is 17.1 Å². The summed E-state index contributed by atoms with van der Waals surface area (Å²) in [5.74, 6) is 0. The number of rotatable bonds is 4. The van der Waals surface area contributed by atoms with Crippen molar-refractivity contribution < 1.29 is 8.42 Å². The van der Waals surface area contributed by atoms with Crippen LogP contribution < -0.4 is 0 Å². The van der Waals surface area contributed by atoms with Gasteiger partial charge in [0.25, 0.3) is 0 Å². The molecule has 0 amide bonds. The molecule has 0 saturated heterocycles. The van der Waals surface area contributed by atoms with Crippen molar-refractivity contribution in [3.8, 4) is 0 Å². The standard InChI is InChI=1S/C20H21NO2S2/c1-24-19-8-5-15(13-21-19)18-12-20(9-10-20)11-17(18)14-3-6-16(7-4-14)25(2,22)23/h3-8,13H,9-12H2,1-2H3. The highest BCUT2D eigenvalue weighted by atomic mass is 32.2. The van der Waals surface area contributed by atoms with Crippen LogP contribution in [0.5, 0.6) is 0 Å². The second kappa shape index (κ2) is 5.99. The van der Waals surface area contributed by atoms with Crippen molar-refractivity contribution in [1.29, 1.82) is 0 Å². The zero-order valence-electron chi connectivity index (χ0n) is 14.5. The summed E-state index contributed by atoms with van der Waals surface area (Å²) in [5.41, 5.74) is 5.52. The van der Waals surface area contributed by atoms with E-state index < -0.39 is 9.84 Å². The fraction of sp³-hybridized carbons (Fsp3) is 0.350. The zero-order valence-corrected chi connectivity index (χ0v) is 16.1. The van der Waals surface area contributed by atoms with Crippen LogP contribution in [0.1, 0.15) is 36.8 Å². The van der Waals surface area contributed by atoms with Gasteiger partial charge in [0.05, 0.1) is 9.92 Å². The van der Waals surface area contributed by atoms with Crippen LogP contribution in [-0.2, 0) is 9.84 Å². The summed E-state index contributed by atoms with van der Waals surface area (Å²) in [5, 5.41) is 1.03. The van der Waals surface area contributed by atoms with E-state index in [1.54, 1.807) is 23.9 Å². The lowest BCUT2D eigenvalue weighted by molar-refractivity contribution is 0.568. The molecular formula is C20H21NO2S2. The fourth-order valence-corrected chi connectivity index (χ4v) is 4.68. The van der Waals surface area contributed by atoms with Crippen molar-refractivity contribution in [1.82, 2.24) is 4.98 Å². The molecule has 1 saturated carbocycles. The Kier molecular flexibility index (Phi) is 4.04. The van der Waals surface area contributed by atoms with Gasteiger partial charge in [0.15, 0.2) is 9.84 Å². The van der Waals surface area contributed by atoms with Crippen molar-refractivity contribution >= 4 is 32.7 Å². The molecule has 2 aromatic rings. The summed E-state index contributed by atoms with van der Waals surface area (Å²) in [6.45, 7) is 0. The van der Waals surface area contributed by atoms with Gasteiger partial charge in [0, 0.05) is 12.5 Å². The van der Waals surface area contributed by atoms with Crippen molar-refractivity contribution in [3.63, 3.8) is 0 Å². The van der Waals surface area contributed by atoms with E-state index >= 15 is 0 Å². The molecule has 25 heavy (non-hydrogen) atoms. The molecule has 5 heteroatoms. The Morgan fingerprint density at radius 2 is 1.56 bits per heavy atom. The van der Waals surface area contributed by atoms with E-state index in [0.717, 1.165) is 23.4 Å². The summed E-state index contributed by atoms with van der Waals surface area (Å²) in [6.07, 6.45) is 10.0. The zero-order chi connectivity index (χ0) is 17.7. The number of nitrogens with zero attached hydrogens (tertiary/aromatic N) is 1. The largest absolute Gasteiger partial charge is 0.249 e. The number of thioether (sulfide) groups is 1. The van der Waals surface area contributed by atoms with Crippen molar-refractivity contribution in [2.24, 2.45) is 5.41 Å². The minimum Gasteiger partial charge on any atom is -0.249 e. The van der Waals surface area contributed by atoms with E-state index in [4.69, 9.17) is 0 Å². The van der Waals surface area contributed by atoms with Gasteiger partial charge in [0.2, 0.25) is 0 Å². The molecule has 0 atom stereocenters. The van der Waals surface area contributed by atoms with Crippen LogP contribution in [0.4, 0.5) is 0 Å². The van der Waals surface area contributed by atoms with Gasteiger partial charge in [-0.2, -0.15) is 0 Å². The molecule has 130 valence electrons. The number of hydrogen-bond acceptors (Lipinski definition) is 4. The van der Waals surface area contributed by atoms with Gasteiger partial charge in [-0.1, -0.05) is 18.2 Å². The number of sulfone groups is 1. The highest BCUT2D eigenvalue weighted by molar-refractivity contribution is 7.98. The van der Waals surface area contributed by atoms with Crippen LogP contribution >= 0.6 is 11.8 Å². The smallest absolute Gasteiger partial charge is 0.175 e. The van der Waals surface area contributed by atoms with E-state index in [-0.39, 0.29) is 0 Å². The van der Waals surface area contributed by atoms with Crippen LogP contribution in [0.2, 0.25) is 0 Å². The van der Waals surface area contributed by atoms with Crippen molar-refractivity contribution in [2.75, 3.05) is 12.5 Å². The summed E-state index contributed by atoms with van der Waals surface area (Å²) in [7, 11) is -3.16. The molecule has 0 aliphatic heterocycles. The van der Waals surface area contributed by atoms with Gasteiger partial charge < -0.3 is 0 Å². The third kappa shape index (κ3) is 3.27. The minimum absolute atomic E-state index is 0.378. The first-order valence-electron chi connectivity index (χ1n) is 8.43. The number of allylic oxidation sites excluding steroid dienone is 2. The molecule has 0 radical (unpaired) electrons. The van der Waals surface area contributed by atoms with Gasteiger partial charge in [-0.15, -0.1) is 11.8 Å². The molecule has 0 unspecified atom stereocenters. The molecular weight excluding hydrogens is 350 g/mol. The van der Waals surface area contributed by atoms with E-state index in [1.165, 1.54) is 35.8 Å². The SMILES string of the molecule is CSc1ccc(C2=C(c3ccc(S(C)(=O)=O)cc3)CC3(CC3)C2)cn1. The number of hydrogen-bond donors (Lipinski definition) is 0. The number of pyridine rings is 1. The maximum absolute atomic E-state index is 11.7. The molecule has 0 bridgehead atoms. The van der Waals surface area contributed by atoms with Crippen LogP contribution in [0, 0.1) is 5.41 Å². The highest BCUT2D eigenvalue weighted by Crippen LogP contribution is 2.63. The van der Waals surface area contributed by atoms with Crippen molar-refractivity contribution in [2.45, 2.75) is 35.6 Å². The monoisotopic (exact) mass is 371 g/mol. The molecule has 1 heterocycles. The Hall–Kier alpha value is -1.59. The Balaban J connectivity index is 1.75. The molecule has 2 aliphatic rings. The average Bonchev–Trinajstić information content (AvgIpc) is 3.25. The molecule has 3 nitrogen and oxygen atoms in total. The Labute approximate surface area is 153 Å². The Bertz CT molecular complexity index is 938. The third-order valence-electron chi connectivity index (χ3n) is 5.35. The van der Waals surface area contributed by atoms with E-state index in [9.17, 15) is 8.42 Å². The predicted octanol–water partition coefficient (Wildman–Crippen LogP) is 4.69. The summed E-state index contributed by atoms with van der Waals surface area (Å²) < 4.78 is 23.4. The first-order chi connectivity index (χ1) is 11.9. The molecule has 0 N–H and O–H groups in total. The van der Waals surface area contributed by atoms with E-state index in [0.29, 0.717) is 10.3 Å². The first-order valence-corrected chi connectivity index (χ1v) is 11.5. The predicted molar refractivity (Wildman–Crippen MR) is 103 cm³/mol. The second-order valence-electron chi connectivity index (χ2n) is 7.20. The quantitative estimate of drug-likeness (QED) is 0.732. The average molecular weight is 372 g/mol. The Morgan fingerprint density at radius 3 is 2.04 bits per heavy atom. The molecule has 1 fully saturated rings. The fourth-order valence-electron chi connectivity index (χ4n) is 3.69. The molecule has 1 aromatic carbocycles. The Morgan fingerprint density at radius 1 is 0.960 bits per heavy atom. The summed E-state index contributed by atoms with van der Waals surface area (Å²) in [4.78, 5) is 4.91. The van der Waals surface area contributed by atoms with Gasteiger partial charge in [-0.25, -0.2) is 13.4 Å². The van der Waals surface area contributed by atoms with Gasteiger partial charge >= 0.3 is 0 Å². The molecule has 2 aliphatic carbocycles. The van der Waals surface area contributed by atoms with Crippen LogP contribution in [0.3, 0.4) is 0 Å². The topological polar surface area (TPSA) is 47.0 Å². The van der Waals surface area contributed by atoms with Gasteiger partial charge in [0.1, 0.15) is 0 Å². The van der Waals surface area contributed by atoms with Crippen LogP contribution in [-0.4, -0.2) is 25.9 Å². The lowest BCUT2D eigenvalue weighted by atomic mass is 9.98. The highest BCUT2D eigenvalue weighted by Gasteiger charge is 2.48. The number of benzene rings is 1. The third-order valence-corrected chi connectivity index (χ3v) is 7.14. The van der Waals surface area contributed by atoms with Crippen molar-refractivity contribution in [3.05, 3.63) is 53.7 Å². The second-order valence-corrected chi connectivity index (χ2v) is 10.0. The lowest BCUT2D eigenvalue weighted by Crippen LogP contribution is -1.97. The normalized spacial score (nSPS) is 18.8. The summed E-state index contributed by atoms with van der Waals surface area (Å²) in [6, 6.07) is 11.6. The molecule has 4 rings (SSSR count). The summed E-state index contributed by atoms with van der Waals surface area (Å²) >= 11 is 1.65. The van der Waals surface area contributed by atoms with Gasteiger partial charge in [-0.3, -0.25) is 0 Å². The van der Waals surface area contributed by atoms with Crippen LogP contribution in [0.15, 0.2) is 52.5 Å². The maximum atomic E-state index is 11.7. The van der Waals surface area contributed by atoms with Gasteiger partial charge in [-0.05, 0) is 77.8 Å². The number of aromatic nitrogens is 1. The maximum Gasteiger partial charge on any atom is 0.175 e. The first kappa shape index (κ1) is 16.9. The molecule has 1 spiro atoms. The minimum atomic E-state index is -3.16.